The van der Waals surface area contributed by atoms with Gasteiger partial charge in [-0.1, -0.05) is 24.3 Å². The monoisotopic (exact) mass is 1110 g/mol. The van der Waals surface area contributed by atoms with Gasteiger partial charge in [-0.3, -0.25) is 72.5 Å². The fraction of sp³-hybridized carbons (Fsp3) is 0.562. The average molecular weight is 1110 g/mol. The molecular weight excluding hydrogens is 1040 g/mol. The number of rotatable bonds is 41. The Kier molecular flexibility index (Phi) is 31.0. The molecule has 0 unspecified atom stereocenters. The Labute approximate surface area is 446 Å². The second-order valence-electron chi connectivity index (χ2n) is 17.9. The van der Waals surface area contributed by atoms with E-state index in [4.69, 9.17) is 26.7 Å². The van der Waals surface area contributed by atoms with Crippen LogP contribution in [0.2, 0.25) is 0 Å². The van der Waals surface area contributed by atoms with Crippen LogP contribution in [0.25, 0.3) is 0 Å². The van der Waals surface area contributed by atoms with Crippen LogP contribution in [0.4, 0.5) is 0 Å². The molecule has 0 saturated heterocycles. The maximum absolute atomic E-state index is 14.0. The van der Waals surface area contributed by atoms with E-state index < -0.39 is 184 Å². The van der Waals surface area contributed by atoms with Gasteiger partial charge in [0.05, 0.1) is 24.7 Å². The molecule has 6 amide bonds. The summed E-state index contributed by atoms with van der Waals surface area (Å²) in [6, 6.07) is -3.28. The van der Waals surface area contributed by atoms with E-state index in [1.807, 2.05) is 0 Å². The highest BCUT2D eigenvalue weighted by atomic mass is 16.5. The summed E-state index contributed by atoms with van der Waals surface area (Å²) in [6.07, 6.45) is -7.01. The third-order valence-corrected chi connectivity index (χ3v) is 11.5. The summed E-state index contributed by atoms with van der Waals surface area (Å²) < 4.78 is 5.36. The van der Waals surface area contributed by atoms with Crippen LogP contribution in [0.15, 0.2) is 24.3 Å². The summed E-state index contributed by atoms with van der Waals surface area (Å²) >= 11 is 0. The van der Waals surface area contributed by atoms with Crippen LogP contribution in [-0.4, -0.2) is 177 Å². The number of ether oxygens (including phenoxy) is 1. The lowest BCUT2D eigenvalue weighted by Crippen LogP contribution is -2.57. The van der Waals surface area contributed by atoms with Crippen molar-refractivity contribution in [3.8, 4) is 0 Å². The van der Waals surface area contributed by atoms with Crippen molar-refractivity contribution in [3.05, 3.63) is 35.4 Å². The molecule has 432 valence electrons. The number of hydrogen-bond donors (Lipinski definition) is 15. The molecule has 1 aromatic carbocycles. The highest BCUT2D eigenvalue weighted by Crippen LogP contribution is 2.18. The molecule has 0 spiro atoms. The van der Waals surface area contributed by atoms with E-state index in [-0.39, 0.29) is 56.5 Å². The van der Waals surface area contributed by atoms with Crippen LogP contribution in [0.5, 0.6) is 0 Å². The Morgan fingerprint density at radius 3 is 1.51 bits per heavy atom. The number of Topliss-reactive ketones (excluding diaryl/α,β-unsaturated/α-hetero) is 3. The lowest BCUT2D eigenvalue weighted by atomic mass is 9.91. The smallest absolute Gasteiger partial charge is 0.303 e. The first-order valence-corrected chi connectivity index (χ1v) is 24.5. The topological polar surface area (TPSA) is 509 Å². The number of hydrogen-bond acceptors (Lipinski definition) is 17. The normalized spacial score (nSPS) is 13.5. The molecule has 0 aliphatic heterocycles. The fourth-order valence-electron chi connectivity index (χ4n) is 7.18. The third-order valence-electron chi connectivity index (χ3n) is 11.5. The van der Waals surface area contributed by atoms with Gasteiger partial charge in [-0.2, -0.15) is 0 Å². The van der Waals surface area contributed by atoms with Gasteiger partial charge in [0.1, 0.15) is 24.7 Å². The van der Waals surface area contributed by atoms with Gasteiger partial charge in [-0.25, -0.2) is 0 Å². The van der Waals surface area contributed by atoms with Crippen molar-refractivity contribution in [2.24, 2.45) is 17.4 Å². The van der Waals surface area contributed by atoms with E-state index in [1.165, 1.54) is 38.1 Å². The molecule has 0 bridgehead atoms. The van der Waals surface area contributed by atoms with E-state index in [2.05, 4.69) is 37.2 Å². The third kappa shape index (κ3) is 29.0. The van der Waals surface area contributed by atoms with E-state index in [0.29, 0.717) is 17.5 Å². The molecule has 0 saturated carbocycles. The van der Waals surface area contributed by atoms with Crippen LogP contribution in [0.1, 0.15) is 113 Å². The second-order valence-corrected chi connectivity index (χ2v) is 17.9. The Hall–Kier alpha value is -8.41. The highest BCUT2D eigenvalue weighted by molar-refractivity contribution is 5.97. The maximum Gasteiger partial charge on any atom is 0.303 e. The van der Waals surface area contributed by atoms with Crippen LogP contribution in [0.3, 0.4) is 0 Å². The van der Waals surface area contributed by atoms with E-state index in [1.54, 1.807) is 0 Å². The quantitative estimate of drug-likeness (QED) is 0.0135. The standard InChI is InChI=1S/C48H70N10O20/c1-25(59)28-7-5-27(6-8-28)22-35(45(75)52-20-21-78-24-37(62)54-31(26(2)60)4-3-19-53-48(50)51)58-47(77)34(13-18-42(71)72)57-46(76)33(12-17-41(69)70)56-43(73)29(9-14-38(63)64)23-36(61)32(11-16-40(67)68)55-44(74)30(49)10-15-39(65)66/h5-8,29-35H,3-4,9-24,49H2,1-2H3,(H,52,75)(H,54,62)(H,55,74)(H,56,73)(H,57,76)(H,58,77)(H,63,64)(H,65,66)(H,67,68)(H,69,70)(H,71,72)(H4,50,51,53)/t29-,30+,31-,32+,33+,34+,35+/m0/s1. The minimum Gasteiger partial charge on any atom is -0.481 e. The van der Waals surface area contributed by atoms with E-state index >= 15 is 0 Å². The number of carboxylic acids is 5. The van der Waals surface area contributed by atoms with Gasteiger partial charge >= 0.3 is 29.8 Å². The molecule has 0 aliphatic carbocycles. The number of carbonyl (C=O) groups excluding carboxylic acids is 9. The van der Waals surface area contributed by atoms with Crippen LogP contribution >= 0.6 is 0 Å². The highest BCUT2D eigenvalue weighted by Gasteiger charge is 2.34. The Bertz CT molecular complexity index is 2330. The van der Waals surface area contributed by atoms with Gasteiger partial charge in [0.2, 0.25) is 35.4 Å². The second kappa shape index (κ2) is 35.8. The molecule has 0 aliphatic rings. The van der Waals surface area contributed by atoms with Gasteiger partial charge in [0, 0.05) is 69.5 Å². The number of aliphatic carboxylic acids is 5. The van der Waals surface area contributed by atoms with E-state index in [0.717, 1.165) is 0 Å². The van der Waals surface area contributed by atoms with Crippen molar-refractivity contribution in [3.63, 3.8) is 0 Å². The first kappa shape index (κ1) is 67.6. The predicted molar refractivity (Wildman–Crippen MR) is 269 cm³/mol. The lowest BCUT2D eigenvalue weighted by Gasteiger charge is -2.26. The van der Waals surface area contributed by atoms with Crippen LogP contribution in [0, 0.1) is 11.3 Å². The van der Waals surface area contributed by atoms with Crippen molar-refractivity contribution in [2.45, 2.75) is 140 Å². The van der Waals surface area contributed by atoms with Gasteiger partial charge in [0.15, 0.2) is 23.3 Å². The Morgan fingerprint density at radius 1 is 0.538 bits per heavy atom. The van der Waals surface area contributed by atoms with Gasteiger partial charge in [0.25, 0.3) is 0 Å². The number of nitrogens with one attached hydrogen (secondary N) is 8. The molecule has 17 N–H and O–H groups in total. The van der Waals surface area contributed by atoms with Gasteiger partial charge in [-0.15, -0.1) is 0 Å². The van der Waals surface area contributed by atoms with Gasteiger partial charge in [-0.05, 0) is 64.4 Å². The number of carboxylic acid groups (broad SMARTS) is 5. The van der Waals surface area contributed by atoms with Crippen molar-refractivity contribution < 1.29 is 97.4 Å². The molecule has 1 aromatic rings. The molecule has 0 fully saturated rings. The largest absolute Gasteiger partial charge is 0.481 e. The number of carbonyl (C=O) groups is 14. The molecule has 78 heavy (non-hydrogen) atoms. The van der Waals surface area contributed by atoms with Crippen molar-refractivity contribution >= 4 is 88.6 Å². The molecule has 7 atom stereocenters. The SMILES string of the molecule is CC(=O)c1ccc(C[C@@H](NC(=O)[C@@H](CCC(=O)O)NC(=O)[C@@H](CCC(=O)O)NC(=O)[C@@H](CCC(=O)O)CC(=O)[C@@H](CCC(=O)O)NC(=O)[C@H](N)CCC(=O)O)C(=O)NCCOCC(=O)N[C@@H](CCCNC(=N)N)C(C)=O)cc1. The predicted octanol–water partition coefficient (Wildman–Crippen LogP) is -2.93. The summed E-state index contributed by atoms with van der Waals surface area (Å²) in [5.74, 6) is -16.8. The minimum absolute atomic E-state index is 0.230. The molecular formula is C48H70N10O20. The zero-order chi connectivity index (χ0) is 59.1. The number of amides is 6. The maximum atomic E-state index is 14.0. The molecule has 30 heteroatoms. The lowest BCUT2D eigenvalue weighted by molar-refractivity contribution is -0.141. The zero-order valence-corrected chi connectivity index (χ0v) is 43.1. The number of guanidine groups is 1. The average Bonchev–Trinajstić information content (AvgIpc) is 3.35. The van der Waals surface area contributed by atoms with E-state index in [9.17, 15) is 87.5 Å². The summed E-state index contributed by atoms with van der Waals surface area (Å²) in [6.45, 7) is 1.83. The fourth-order valence-corrected chi connectivity index (χ4v) is 7.18. The first-order valence-electron chi connectivity index (χ1n) is 24.5. The number of nitrogens with two attached hydrogens (primary N) is 2. The van der Waals surface area contributed by atoms with Crippen LogP contribution in [-0.2, 0) is 73.5 Å². The zero-order valence-electron chi connectivity index (χ0n) is 43.1. The Balaban J connectivity index is 3.44. The summed E-state index contributed by atoms with van der Waals surface area (Å²) in [5.41, 5.74) is 11.7. The van der Waals surface area contributed by atoms with Crippen LogP contribution < -0.4 is 48.7 Å². The summed E-state index contributed by atoms with van der Waals surface area (Å²) in [4.78, 5) is 176. The van der Waals surface area contributed by atoms with Gasteiger partial charge < -0.3 is 79.0 Å². The summed E-state index contributed by atoms with van der Waals surface area (Å²) in [7, 11) is 0. The molecule has 0 heterocycles. The summed E-state index contributed by atoms with van der Waals surface area (Å²) in [5, 5.41) is 70.8. The molecule has 0 radical (unpaired) electrons. The first-order chi connectivity index (χ1) is 36.6. The number of ketones is 3. The number of benzene rings is 1. The Morgan fingerprint density at radius 2 is 1.01 bits per heavy atom. The van der Waals surface area contributed by atoms with Crippen molar-refractivity contribution in [1.82, 2.24) is 37.2 Å². The molecule has 1 rings (SSSR count). The molecule has 30 nitrogen and oxygen atoms in total. The van der Waals surface area contributed by atoms with Crippen molar-refractivity contribution in [2.75, 3.05) is 26.3 Å². The minimum atomic E-state index is -1.88. The molecule has 0 aromatic heterocycles. The van der Waals surface area contributed by atoms with Crippen molar-refractivity contribution in [1.29, 1.82) is 5.41 Å².